The number of phenols is 2. The normalized spacial score (nSPS) is 10.5. The molecule has 360 valence electrons. The van der Waals surface area contributed by atoms with Crippen molar-refractivity contribution in [2.75, 3.05) is 9.80 Å². The van der Waals surface area contributed by atoms with Gasteiger partial charge in [0.1, 0.15) is 11.5 Å². The van der Waals surface area contributed by atoms with Crippen LogP contribution in [0.1, 0.15) is 73.7 Å². The summed E-state index contributed by atoms with van der Waals surface area (Å²) in [5, 5.41) is 37.8. The van der Waals surface area contributed by atoms with Crippen LogP contribution in [0.2, 0.25) is 0 Å². The molecule has 9 heteroatoms. The maximum atomic E-state index is 10.5. The molecule has 0 aliphatic rings. The van der Waals surface area contributed by atoms with Gasteiger partial charge in [-0.3, -0.25) is 0 Å². The zero-order valence-electron chi connectivity index (χ0n) is 40.8. The second-order valence-corrected chi connectivity index (χ2v) is 33.4. The van der Waals surface area contributed by atoms with Gasteiger partial charge in [-0.2, -0.15) is 0 Å². The van der Waals surface area contributed by atoms with Crippen LogP contribution in [-0.2, 0) is 26.1 Å². The van der Waals surface area contributed by atoms with Gasteiger partial charge in [-0.05, 0) is 195 Å². The number of rotatable bonds is 11. The molecule has 0 atom stereocenters. The standard InChI is InChI=1S/C31H33NO.C22H23NO2.C7H8O.I3/c1-6-25-8-13-28(14-9-25)32(30-12-7-22(3)23(4)19-30)29-15-10-26(11-16-29)20-27-18-21(2)17-24(5)31(27)33;1-16-3-8-22(13-17(16)2)23(20-9-4-18(14-24)5-10-20)21-11-6-19(15-25)7-12-21;1-6-2-4-7(8)5-3-6;1-3-2/h7-19,33H,6,20H2,1-5H3;3-13,24-25H,14-15H2,1-2H3;2-5,8H,1H3;/q;;;-1. The maximum absolute atomic E-state index is 10.5. The molecule has 69 heavy (non-hydrogen) atoms. The van der Waals surface area contributed by atoms with Gasteiger partial charge < -0.3 is 30.2 Å². The van der Waals surface area contributed by atoms with E-state index in [1.165, 1.54) is 44.5 Å². The minimum atomic E-state index is 0.0368. The van der Waals surface area contributed by atoms with Gasteiger partial charge in [0.2, 0.25) is 0 Å². The summed E-state index contributed by atoms with van der Waals surface area (Å²) >= 11 is 5.30. The first-order valence-corrected chi connectivity index (χ1v) is 35.5. The molecule has 4 N–H and O–H groups in total. The topological polar surface area (TPSA) is 87.4 Å². The van der Waals surface area contributed by atoms with E-state index in [1.807, 2.05) is 80.6 Å². The van der Waals surface area contributed by atoms with Gasteiger partial charge in [0.15, 0.2) is 0 Å². The Labute approximate surface area is 440 Å². The molecule has 6 nitrogen and oxygen atoms in total. The Morgan fingerprint density at radius 2 is 0.754 bits per heavy atom. The summed E-state index contributed by atoms with van der Waals surface area (Å²) in [6, 6.07) is 57.6. The van der Waals surface area contributed by atoms with E-state index in [0.717, 1.165) is 62.8 Å². The Bertz CT molecular complexity index is 2760. The molecule has 0 heterocycles. The first kappa shape index (κ1) is 55.0. The zero-order chi connectivity index (χ0) is 50.0. The second kappa shape index (κ2) is 27.5. The Hall–Kier alpha value is -4.93. The van der Waals surface area contributed by atoms with Crippen molar-refractivity contribution >= 4 is 71.4 Å². The van der Waals surface area contributed by atoms with Crippen molar-refractivity contribution in [2.24, 2.45) is 0 Å². The van der Waals surface area contributed by atoms with Gasteiger partial charge in [-0.1, -0.05) is 103 Å². The van der Waals surface area contributed by atoms with Gasteiger partial charge in [-0.25, -0.2) is 0 Å². The van der Waals surface area contributed by atoms with E-state index in [4.69, 9.17) is 5.11 Å². The number of benzene rings is 8. The van der Waals surface area contributed by atoms with E-state index >= 15 is 0 Å². The predicted octanol–water partition coefficient (Wildman–Crippen LogP) is 13.5. The number of nitrogens with zero attached hydrogens (tertiary/aromatic N) is 2. The minimum absolute atomic E-state index is 0.0368. The summed E-state index contributed by atoms with van der Waals surface area (Å²) in [5.74, 6) is 0.730. The number of phenolic OH excluding ortho intramolecular Hbond substituents is 2. The molecule has 0 spiro atoms. The van der Waals surface area contributed by atoms with Gasteiger partial charge >= 0.3 is 50.5 Å². The zero-order valence-corrected chi connectivity index (χ0v) is 47.3. The molecule has 0 unspecified atom stereocenters. The van der Waals surface area contributed by atoms with Crippen molar-refractivity contribution < 1.29 is 33.7 Å². The average molecular weight is 1260 g/mol. The van der Waals surface area contributed by atoms with E-state index in [2.05, 4.69) is 180 Å². The SMILES string of the molecule is CCc1ccc(N(c2ccc(Cc3cc(C)cc(C)c3O)cc2)c2ccc(C)c(C)c2)cc1.Cc1ccc(N(c2ccc(CO)cc2)c2ccc(CO)cc2)cc1C.Cc1ccc(O)cc1.I[I-]I. The molecule has 0 aliphatic heterocycles. The molecule has 0 aromatic heterocycles. The molecule has 0 saturated heterocycles. The fraction of sp³-hybridized carbons (Fsp3) is 0.200. The Morgan fingerprint density at radius 1 is 0.391 bits per heavy atom. The van der Waals surface area contributed by atoms with Gasteiger partial charge in [0.05, 0.1) is 13.2 Å². The fourth-order valence-corrected chi connectivity index (χ4v) is 7.72. The van der Waals surface area contributed by atoms with E-state index in [9.17, 15) is 15.3 Å². The molecule has 8 aromatic rings. The van der Waals surface area contributed by atoms with E-state index in [1.54, 1.807) is 12.1 Å². The number of hydrogen-bond donors (Lipinski definition) is 4. The Morgan fingerprint density at radius 3 is 1.10 bits per heavy atom. The van der Waals surface area contributed by atoms with Crippen LogP contribution in [-0.4, -0.2) is 20.4 Å². The molecule has 0 saturated carbocycles. The number of aliphatic hydroxyl groups is 2. The monoisotopic (exact) mass is 1260 g/mol. The summed E-state index contributed by atoms with van der Waals surface area (Å²) in [5.41, 5.74) is 20.2. The third-order valence-corrected chi connectivity index (χ3v) is 12.0. The summed E-state index contributed by atoms with van der Waals surface area (Å²) in [4.78, 5) is 4.48. The molecular weight excluding hydrogens is 1190 g/mol. The number of anilines is 6. The van der Waals surface area contributed by atoms with Gasteiger partial charge in [0, 0.05) is 40.5 Å². The van der Waals surface area contributed by atoms with Crippen molar-refractivity contribution in [1.82, 2.24) is 0 Å². The molecule has 0 amide bonds. The first-order chi connectivity index (χ1) is 33.2. The van der Waals surface area contributed by atoms with Crippen LogP contribution < -0.4 is 23.1 Å². The van der Waals surface area contributed by atoms with Crippen molar-refractivity contribution in [2.45, 2.75) is 81.4 Å². The molecular formula is C60H64I3N2O4-. The first-order valence-electron chi connectivity index (χ1n) is 22.9. The van der Waals surface area contributed by atoms with E-state index < -0.39 is 0 Å². The summed E-state index contributed by atoms with van der Waals surface area (Å²) in [6.45, 7) is 16.8. The van der Waals surface area contributed by atoms with E-state index in [-0.39, 0.29) is 13.2 Å². The molecule has 0 aliphatic carbocycles. The van der Waals surface area contributed by atoms with Gasteiger partial charge in [-0.15, -0.1) is 0 Å². The summed E-state index contributed by atoms with van der Waals surface area (Å²) in [6.07, 6.45) is 1.74. The van der Waals surface area contributed by atoms with Crippen LogP contribution >= 0.6 is 37.2 Å². The fourth-order valence-electron chi connectivity index (χ4n) is 7.72. The number of halogens is 3. The molecule has 0 bridgehead atoms. The third kappa shape index (κ3) is 16.0. The molecule has 0 fully saturated rings. The van der Waals surface area contributed by atoms with Crippen LogP contribution in [0.25, 0.3) is 0 Å². The summed E-state index contributed by atoms with van der Waals surface area (Å²) in [7, 11) is 0. The number of aromatic hydroxyl groups is 2. The van der Waals surface area contributed by atoms with Crippen LogP contribution in [0.5, 0.6) is 11.5 Å². The Kier molecular flexibility index (Phi) is 21.9. The van der Waals surface area contributed by atoms with Crippen LogP contribution in [0.4, 0.5) is 34.1 Å². The van der Waals surface area contributed by atoms with Crippen molar-refractivity contribution in [3.8, 4) is 11.5 Å². The summed E-state index contributed by atoms with van der Waals surface area (Å²) < 4.78 is 0. The van der Waals surface area contributed by atoms with Crippen LogP contribution in [0.3, 0.4) is 0 Å². The third-order valence-electron chi connectivity index (χ3n) is 12.0. The molecule has 0 radical (unpaired) electrons. The average Bonchev–Trinajstić information content (AvgIpc) is 3.35. The number of aryl methyl sites for hydroxylation is 8. The van der Waals surface area contributed by atoms with Gasteiger partial charge in [0.25, 0.3) is 0 Å². The van der Waals surface area contributed by atoms with Crippen LogP contribution in [0.15, 0.2) is 170 Å². The van der Waals surface area contributed by atoms with Crippen LogP contribution in [0, 0.1) is 48.5 Å². The van der Waals surface area contributed by atoms with Crippen molar-refractivity contribution in [1.29, 1.82) is 0 Å². The second-order valence-electron chi connectivity index (χ2n) is 17.2. The molecule has 8 aromatic carbocycles. The number of hydrogen-bond acceptors (Lipinski definition) is 6. The molecule has 8 rings (SSSR count). The number of aliphatic hydroxyl groups excluding tert-OH is 2. The van der Waals surface area contributed by atoms with E-state index in [0.29, 0.717) is 31.2 Å². The Balaban J connectivity index is 0.000000216. The van der Waals surface area contributed by atoms with Crippen molar-refractivity contribution in [3.05, 3.63) is 237 Å². The predicted molar refractivity (Wildman–Crippen MR) is 304 cm³/mol. The van der Waals surface area contributed by atoms with Crippen molar-refractivity contribution in [3.63, 3.8) is 0 Å². The quantitative estimate of drug-likeness (QED) is 0.0966.